The second kappa shape index (κ2) is 7.89. The van der Waals surface area contributed by atoms with Gasteiger partial charge in [-0.1, -0.05) is 75.7 Å². The summed E-state index contributed by atoms with van der Waals surface area (Å²) in [5.74, 6) is -0.147. The second-order valence-corrected chi connectivity index (χ2v) is 8.25. The van der Waals surface area contributed by atoms with Crippen LogP contribution in [0.2, 0.25) is 0 Å². The van der Waals surface area contributed by atoms with Crippen molar-refractivity contribution in [3.63, 3.8) is 0 Å². The summed E-state index contributed by atoms with van der Waals surface area (Å²) in [6, 6.07) is 21.2. The summed E-state index contributed by atoms with van der Waals surface area (Å²) in [7, 11) is 0. The van der Waals surface area contributed by atoms with Crippen LogP contribution in [0.25, 0.3) is 0 Å². The minimum atomic E-state index is -0.147. The zero-order chi connectivity index (χ0) is 18.8. The predicted octanol–water partition coefficient (Wildman–Crippen LogP) is 6.16. The summed E-state index contributed by atoms with van der Waals surface area (Å²) < 4.78 is 0.970. The average molecular weight is 458 g/mol. The lowest BCUT2D eigenvalue weighted by molar-refractivity contribution is 0.0951. The van der Waals surface area contributed by atoms with Crippen LogP contribution in [-0.2, 0) is 6.54 Å². The van der Waals surface area contributed by atoms with Gasteiger partial charge in [0.15, 0.2) is 0 Å². The van der Waals surface area contributed by atoms with Crippen molar-refractivity contribution in [3.05, 3.63) is 87.9 Å². The first-order valence-corrected chi connectivity index (χ1v) is 10.3. The summed E-state index contributed by atoms with van der Waals surface area (Å²) in [6.07, 6.45) is 0. The Bertz CT molecular complexity index is 1070. The van der Waals surface area contributed by atoms with Gasteiger partial charge in [0, 0.05) is 31.9 Å². The molecule has 0 aliphatic carbocycles. The van der Waals surface area contributed by atoms with Crippen LogP contribution in [0.15, 0.2) is 86.0 Å². The predicted molar refractivity (Wildman–Crippen MR) is 114 cm³/mol. The molecule has 1 N–H and O–H groups in total. The summed E-state index contributed by atoms with van der Waals surface area (Å²) in [6.45, 7) is 0.446. The van der Waals surface area contributed by atoms with Crippen molar-refractivity contribution in [2.24, 2.45) is 4.99 Å². The van der Waals surface area contributed by atoms with Crippen molar-refractivity contribution in [1.82, 2.24) is 5.32 Å². The van der Waals surface area contributed by atoms with Crippen LogP contribution in [0.1, 0.15) is 21.5 Å². The number of carbonyl (C=O) groups is 1. The van der Waals surface area contributed by atoms with Gasteiger partial charge in [-0.15, -0.1) is 0 Å². The number of hydrogen-bond donors (Lipinski definition) is 1. The first kappa shape index (κ1) is 18.3. The van der Waals surface area contributed by atoms with Crippen LogP contribution in [0.5, 0.6) is 0 Å². The fourth-order valence-corrected chi connectivity index (χ4v) is 4.50. The first-order chi connectivity index (χ1) is 13.1. The molecule has 3 nitrogen and oxygen atoms in total. The van der Waals surface area contributed by atoms with Gasteiger partial charge >= 0.3 is 0 Å². The summed E-state index contributed by atoms with van der Waals surface area (Å²) in [5.41, 5.74) is 3.18. The number of nitrogens with one attached hydrogen (secondary N) is 1. The maximum atomic E-state index is 12.6. The summed E-state index contributed by atoms with van der Waals surface area (Å²) in [4.78, 5) is 19.1. The molecule has 0 unspecified atom stereocenters. The molecule has 0 saturated heterocycles. The first-order valence-electron chi connectivity index (χ1n) is 8.29. The van der Waals surface area contributed by atoms with E-state index < -0.39 is 0 Å². The van der Waals surface area contributed by atoms with Crippen LogP contribution >= 0.6 is 39.3 Å². The van der Waals surface area contributed by atoms with Crippen molar-refractivity contribution in [2.45, 2.75) is 16.3 Å². The summed E-state index contributed by atoms with van der Waals surface area (Å²) >= 11 is 11.5. The standard InChI is InChI=1S/C21H14BrClN2OS/c22-16-7-3-1-5-14(16)12-24-21(26)13-9-10-19-17(11-13)25-20(23)15-6-2-4-8-18(15)27-19/h1-11H,12H2,(H,24,26). The molecule has 3 aromatic carbocycles. The van der Waals surface area contributed by atoms with Gasteiger partial charge in [0.1, 0.15) is 5.17 Å². The molecule has 1 aliphatic heterocycles. The van der Waals surface area contributed by atoms with Crippen molar-refractivity contribution in [2.75, 3.05) is 0 Å². The van der Waals surface area contributed by atoms with E-state index in [2.05, 4.69) is 26.2 Å². The molecule has 27 heavy (non-hydrogen) atoms. The molecule has 0 atom stereocenters. The van der Waals surface area contributed by atoms with Gasteiger partial charge < -0.3 is 5.32 Å². The number of rotatable bonds is 3. The highest BCUT2D eigenvalue weighted by Gasteiger charge is 2.17. The molecular weight excluding hydrogens is 444 g/mol. The highest BCUT2D eigenvalue weighted by molar-refractivity contribution is 9.10. The Morgan fingerprint density at radius 3 is 2.67 bits per heavy atom. The molecule has 1 heterocycles. The molecule has 0 spiro atoms. The highest BCUT2D eigenvalue weighted by atomic mass is 79.9. The largest absolute Gasteiger partial charge is 0.348 e. The molecule has 0 bridgehead atoms. The molecule has 0 aromatic heterocycles. The normalized spacial score (nSPS) is 12.4. The third-order valence-corrected chi connectivity index (χ3v) is 6.37. The smallest absolute Gasteiger partial charge is 0.251 e. The van der Waals surface area contributed by atoms with Crippen LogP contribution in [0.3, 0.4) is 0 Å². The van der Waals surface area contributed by atoms with Gasteiger partial charge in [-0.2, -0.15) is 0 Å². The Labute approximate surface area is 175 Å². The Kier molecular flexibility index (Phi) is 5.34. The van der Waals surface area contributed by atoms with E-state index in [0.717, 1.165) is 25.4 Å². The van der Waals surface area contributed by atoms with Crippen molar-refractivity contribution in [1.29, 1.82) is 0 Å². The van der Waals surface area contributed by atoms with E-state index in [1.165, 1.54) is 0 Å². The lowest BCUT2D eigenvalue weighted by Crippen LogP contribution is -2.22. The van der Waals surface area contributed by atoms with Crippen molar-refractivity contribution >= 4 is 56.1 Å². The lowest BCUT2D eigenvalue weighted by Gasteiger charge is -2.09. The SMILES string of the molecule is O=C(NCc1ccccc1Br)c1ccc2c(c1)N=C(Cl)c1ccccc1S2. The number of halogens is 2. The van der Waals surface area contributed by atoms with E-state index in [1.807, 2.05) is 60.7 Å². The fraction of sp³-hybridized carbons (Fsp3) is 0.0476. The molecular formula is C21H14BrClN2OS. The zero-order valence-electron chi connectivity index (χ0n) is 14.1. The number of hydrogen-bond acceptors (Lipinski definition) is 3. The molecule has 1 amide bonds. The third kappa shape index (κ3) is 3.95. The number of nitrogens with zero attached hydrogens (tertiary/aromatic N) is 1. The van der Waals surface area contributed by atoms with E-state index >= 15 is 0 Å². The number of benzene rings is 3. The van der Waals surface area contributed by atoms with Gasteiger partial charge in [-0.05, 0) is 35.9 Å². The van der Waals surface area contributed by atoms with Gasteiger partial charge in [-0.25, -0.2) is 4.99 Å². The summed E-state index contributed by atoms with van der Waals surface area (Å²) in [5, 5.41) is 3.38. The molecule has 6 heteroatoms. The van der Waals surface area contributed by atoms with Gasteiger partial charge in [0.2, 0.25) is 0 Å². The number of carbonyl (C=O) groups excluding carboxylic acids is 1. The Hall–Kier alpha value is -2.08. The Morgan fingerprint density at radius 1 is 1.04 bits per heavy atom. The quantitative estimate of drug-likeness (QED) is 0.511. The second-order valence-electron chi connectivity index (χ2n) is 5.96. The van der Waals surface area contributed by atoms with Crippen LogP contribution in [-0.4, -0.2) is 11.1 Å². The van der Waals surface area contributed by atoms with Crippen LogP contribution < -0.4 is 5.32 Å². The molecule has 0 saturated carbocycles. The minimum absolute atomic E-state index is 0.147. The monoisotopic (exact) mass is 456 g/mol. The van der Waals surface area contributed by atoms with E-state index in [-0.39, 0.29) is 5.91 Å². The van der Waals surface area contributed by atoms with Gasteiger partial charge in [0.05, 0.1) is 5.69 Å². The zero-order valence-corrected chi connectivity index (χ0v) is 17.2. The molecule has 3 aromatic rings. The van der Waals surface area contributed by atoms with Crippen LogP contribution in [0, 0.1) is 0 Å². The molecule has 4 rings (SSSR count). The number of fused-ring (bicyclic) bond motifs is 2. The third-order valence-electron chi connectivity index (χ3n) is 4.17. The molecule has 134 valence electrons. The molecule has 1 aliphatic rings. The van der Waals surface area contributed by atoms with Gasteiger partial charge in [-0.3, -0.25) is 4.79 Å². The Morgan fingerprint density at radius 2 is 1.81 bits per heavy atom. The van der Waals surface area contributed by atoms with Crippen molar-refractivity contribution < 1.29 is 4.79 Å². The lowest BCUT2D eigenvalue weighted by atomic mass is 10.1. The topological polar surface area (TPSA) is 41.5 Å². The number of amides is 1. The van der Waals surface area contributed by atoms with Crippen molar-refractivity contribution in [3.8, 4) is 0 Å². The Balaban J connectivity index is 1.58. The van der Waals surface area contributed by atoms with Gasteiger partial charge in [0.25, 0.3) is 5.91 Å². The van der Waals surface area contributed by atoms with E-state index in [0.29, 0.717) is 23.0 Å². The number of aliphatic imine (C=N–C) groups is 1. The molecule has 0 fully saturated rings. The van der Waals surface area contributed by atoms with E-state index in [4.69, 9.17) is 11.6 Å². The van der Waals surface area contributed by atoms with E-state index in [1.54, 1.807) is 17.8 Å². The fourth-order valence-electron chi connectivity index (χ4n) is 2.76. The molecule has 0 radical (unpaired) electrons. The highest BCUT2D eigenvalue weighted by Crippen LogP contribution is 2.41. The average Bonchev–Trinajstić information content (AvgIpc) is 2.82. The van der Waals surface area contributed by atoms with Crippen LogP contribution in [0.4, 0.5) is 5.69 Å². The van der Waals surface area contributed by atoms with E-state index in [9.17, 15) is 4.79 Å². The maximum absolute atomic E-state index is 12.6. The minimum Gasteiger partial charge on any atom is -0.348 e. The maximum Gasteiger partial charge on any atom is 0.251 e.